The van der Waals surface area contributed by atoms with Crippen LogP contribution in [0.3, 0.4) is 0 Å². The summed E-state index contributed by atoms with van der Waals surface area (Å²) in [6.45, 7) is 21.4. The molecule has 0 N–H and O–H groups in total. The maximum absolute atomic E-state index is 2.39. The van der Waals surface area contributed by atoms with Crippen molar-refractivity contribution in [1.82, 2.24) is 0 Å². The molecule has 0 spiro atoms. The molecular weight excluding hydrogens is 1100 g/mol. The molecule has 0 amide bonds. The summed E-state index contributed by atoms with van der Waals surface area (Å²) in [6.07, 6.45) is 8.93. The number of halogens is 6. The van der Waals surface area contributed by atoms with Crippen molar-refractivity contribution in [2.75, 3.05) is 0 Å². The molecule has 2 aromatic carbocycles. The Morgan fingerprint density at radius 3 is 1.38 bits per heavy atom. The van der Waals surface area contributed by atoms with Crippen molar-refractivity contribution in [3.8, 4) is 0 Å². The molecule has 0 saturated heterocycles. The molecule has 2 aromatic rings. The van der Waals surface area contributed by atoms with Crippen LogP contribution < -0.4 is 13.3 Å². The average Bonchev–Trinajstić information content (AvgIpc) is 3.38. The van der Waals surface area contributed by atoms with E-state index in [-0.39, 0.29) is 24.0 Å². The number of allylic oxidation sites excluding steroid dienone is 4. The van der Waals surface area contributed by atoms with E-state index in [0.29, 0.717) is 13.3 Å². The molecule has 6 heteroatoms. The van der Waals surface area contributed by atoms with Gasteiger partial charge >= 0.3 is 50.5 Å². The van der Waals surface area contributed by atoms with Gasteiger partial charge in [0.15, 0.2) is 0 Å². The SMILES string of the molecule is CC.CC.Cc1c(C)c(C)c(CC2=CC=CC2)c(C)c1C.Cc1ccccc1.I.II.I[I-]I. The standard InChI is InChI=1S/C17H22.C7H8.2C2H6.I3.I2.HI/c1-11-12(2)14(4)17(15(5)13(11)3)10-16-8-6-7-9-16;1-7-5-3-2-4-6-7;2*1-2;1-3-2;1-2;/h6-8H,9-10H2,1-5H3;2-6H,1H3;2*1-2H3;;;1H/q;;;;-1;;. The van der Waals surface area contributed by atoms with E-state index in [2.05, 4.69) is 146 Å². The summed E-state index contributed by atoms with van der Waals surface area (Å²) in [7, 11) is 0. The summed E-state index contributed by atoms with van der Waals surface area (Å²) in [5.41, 5.74) is 11.8. The fourth-order valence-electron chi connectivity index (χ4n) is 3.23. The van der Waals surface area contributed by atoms with Gasteiger partial charge in [0, 0.05) is 37.2 Å². The van der Waals surface area contributed by atoms with E-state index in [1.807, 2.05) is 45.9 Å². The molecule has 0 aliphatic heterocycles. The van der Waals surface area contributed by atoms with Crippen molar-refractivity contribution >= 4 is 98.4 Å². The van der Waals surface area contributed by atoms with Crippen LogP contribution in [0.2, 0.25) is 0 Å². The summed E-state index contributed by atoms with van der Waals surface area (Å²) in [5, 5.41) is 0. The molecule has 0 saturated carbocycles. The van der Waals surface area contributed by atoms with Crippen molar-refractivity contribution < 1.29 is 13.3 Å². The Hall–Kier alpha value is 2.30. The fourth-order valence-corrected chi connectivity index (χ4v) is 3.23. The van der Waals surface area contributed by atoms with Crippen LogP contribution >= 0.6 is 98.4 Å². The van der Waals surface area contributed by atoms with E-state index in [1.165, 1.54) is 33.4 Å². The van der Waals surface area contributed by atoms with E-state index < -0.39 is 0 Å². The van der Waals surface area contributed by atoms with Crippen LogP contribution in [-0.4, -0.2) is 0 Å². The number of hydrogen-bond donors (Lipinski definition) is 0. The minimum atomic E-state index is 0. The molecule has 0 fully saturated rings. The summed E-state index contributed by atoms with van der Waals surface area (Å²) in [5.74, 6) is 0. The predicted octanol–water partition coefficient (Wildman–Crippen LogP) is 9.87. The topological polar surface area (TPSA) is 0 Å². The number of aryl methyl sites for hydroxylation is 1. The van der Waals surface area contributed by atoms with E-state index in [0.717, 1.165) is 12.8 Å². The molecule has 0 unspecified atom stereocenters. The third-order valence-electron chi connectivity index (χ3n) is 5.35. The van der Waals surface area contributed by atoms with Crippen LogP contribution in [0.5, 0.6) is 0 Å². The third kappa shape index (κ3) is 18.5. The molecule has 0 bridgehead atoms. The van der Waals surface area contributed by atoms with Gasteiger partial charge in [-0.05, 0) is 87.8 Å². The van der Waals surface area contributed by atoms with Gasteiger partial charge in [0.05, 0.1) is 0 Å². The molecule has 34 heavy (non-hydrogen) atoms. The van der Waals surface area contributed by atoms with Gasteiger partial charge in [0.2, 0.25) is 0 Å². The Kier molecular flexibility index (Phi) is 38.1. The molecule has 0 heterocycles. The van der Waals surface area contributed by atoms with E-state index in [9.17, 15) is 0 Å². The molecule has 3 rings (SSSR count). The Balaban J connectivity index is -0.000000221. The molecule has 198 valence electrons. The van der Waals surface area contributed by atoms with Crippen LogP contribution in [0, 0.1) is 41.5 Å². The molecule has 0 aromatic heterocycles. The Morgan fingerprint density at radius 1 is 0.706 bits per heavy atom. The first-order chi connectivity index (χ1) is 15.8. The summed E-state index contributed by atoms with van der Waals surface area (Å²) < 4.78 is 0. The summed E-state index contributed by atoms with van der Waals surface area (Å²) >= 11 is 9.54. The Labute approximate surface area is 282 Å². The first-order valence-corrected chi connectivity index (χ1v) is 30.1. The molecular formula is C28H43I6-. The Bertz CT molecular complexity index is 767. The van der Waals surface area contributed by atoms with Gasteiger partial charge in [-0.25, -0.2) is 0 Å². The van der Waals surface area contributed by atoms with Crippen molar-refractivity contribution in [3.63, 3.8) is 0 Å². The molecule has 1 aliphatic rings. The summed E-state index contributed by atoms with van der Waals surface area (Å²) in [4.78, 5) is 0. The third-order valence-corrected chi connectivity index (χ3v) is 5.35. The average molecular weight is 1140 g/mol. The van der Waals surface area contributed by atoms with Crippen molar-refractivity contribution in [3.05, 3.63) is 93.1 Å². The van der Waals surface area contributed by atoms with Crippen molar-refractivity contribution in [2.45, 2.75) is 82.1 Å². The van der Waals surface area contributed by atoms with Crippen LogP contribution in [-0.2, 0) is 6.42 Å². The first kappa shape index (κ1) is 43.4. The van der Waals surface area contributed by atoms with Crippen LogP contribution in [0.25, 0.3) is 0 Å². The normalized spacial score (nSPS) is 10.1. The van der Waals surface area contributed by atoms with Crippen LogP contribution in [0.15, 0.2) is 54.1 Å². The first-order valence-electron chi connectivity index (χ1n) is 11.3. The van der Waals surface area contributed by atoms with Gasteiger partial charge in [-0.3, -0.25) is 0 Å². The second-order valence-corrected chi connectivity index (χ2v) is 23.2. The van der Waals surface area contributed by atoms with Crippen LogP contribution in [0.4, 0.5) is 0 Å². The van der Waals surface area contributed by atoms with Gasteiger partial charge in [0.25, 0.3) is 0 Å². The second-order valence-electron chi connectivity index (χ2n) is 6.95. The molecule has 1 aliphatic carbocycles. The summed E-state index contributed by atoms with van der Waals surface area (Å²) in [6, 6.07) is 10.3. The van der Waals surface area contributed by atoms with Crippen molar-refractivity contribution in [1.29, 1.82) is 0 Å². The molecule has 0 radical (unpaired) electrons. The second kappa shape index (κ2) is 29.9. The zero-order valence-corrected chi connectivity index (χ0v) is 35.4. The number of rotatable bonds is 2. The number of benzene rings is 2. The van der Waals surface area contributed by atoms with Gasteiger partial charge in [-0.15, -0.1) is 24.0 Å². The van der Waals surface area contributed by atoms with Gasteiger partial charge in [-0.1, -0.05) is 87.4 Å². The van der Waals surface area contributed by atoms with E-state index in [1.54, 1.807) is 11.1 Å². The van der Waals surface area contributed by atoms with Gasteiger partial charge < -0.3 is 0 Å². The molecule has 0 atom stereocenters. The monoisotopic (exact) mass is 1140 g/mol. The zero-order chi connectivity index (χ0) is 26.4. The van der Waals surface area contributed by atoms with Crippen molar-refractivity contribution in [2.24, 2.45) is 0 Å². The fraction of sp³-hybridized carbons (Fsp3) is 0.429. The predicted molar refractivity (Wildman–Crippen MR) is 201 cm³/mol. The maximum atomic E-state index is 2.39. The quantitative estimate of drug-likeness (QED) is 0.263. The molecule has 0 nitrogen and oxygen atoms in total. The Morgan fingerprint density at radius 2 is 1.09 bits per heavy atom. The zero-order valence-electron chi connectivity index (χ0n) is 22.3. The van der Waals surface area contributed by atoms with Gasteiger partial charge in [-0.2, -0.15) is 0 Å². The van der Waals surface area contributed by atoms with E-state index in [4.69, 9.17) is 0 Å². The minimum absolute atomic E-state index is 0. The van der Waals surface area contributed by atoms with Crippen LogP contribution in [0.1, 0.15) is 73.1 Å². The van der Waals surface area contributed by atoms with Gasteiger partial charge in [0.1, 0.15) is 0 Å². The number of hydrogen-bond acceptors (Lipinski definition) is 0. The van der Waals surface area contributed by atoms with E-state index >= 15 is 0 Å².